The Morgan fingerprint density at radius 2 is 1.19 bits per heavy atom. The van der Waals surface area contributed by atoms with Crippen molar-refractivity contribution in [1.82, 2.24) is 9.55 Å². The summed E-state index contributed by atoms with van der Waals surface area (Å²) in [6.07, 6.45) is 0. The van der Waals surface area contributed by atoms with Gasteiger partial charge in [0.2, 0.25) is 0 Å². The first kappa shape index (κ1) is 19.3. The van der Waals surface area contributed by atoms with Crippen LogP contribution in [0.3, 0.4) is 0 Å². The van der Waals surface area contributed by atoms with E-state index in [0.717, 1.165) is 39.6 Å². The molecule has 1 heterocycles. The van der Waals surface area contributed by atoms with Crippen LogP contribution in [-0.4, -0.2) is 9.55 Å². The number of benzene rings is 4. The Kier molecular flexibility index (Phi) is 5.15. The standard InChI is InChI=1S/C28H21ClN2/c1-20-12-14-23(15-13-20)28-30-26(21-8-4-2-5-9-21)27(22-10-6-3-7-11-22)31(28)25-18-16-24(29)17-19-25/h2-19H,1H3. The predicted molar refractivity (Wildman–Crippen MR) is 130 cm³/mol. The molecule has 0 aliphatic carbocycles. The van der Waals surface area contributed by atoms with Crippen LogP contribution in [0.1, 0.15) is 5.56 Å². The van der Waals surface area contributed by atoms with Crippen LogP contribution in [0.25, 0.3) is 39.6 Å². The monoisotopic (exact) mass is 420 g/mol. The lowest BCUT2D eigenvalue weighted by Crippen LogP contribution is -2.00. The van der Waals surface area contributed by atoms with E-state index < -0.39 is 0 Å². The van der Waals surface area contributed by atoms with Crippen LogP contribution in [0.4, 0.5) is 0 Å². The van der Waals surface area contributed by atoms with Gasteiger partial charge < -0.3 is 0 Å². The molecule has 0 radical (unpaired) electrons. The van der Waals surface area contributed by atoms with E-state index in [0.29, 0.717) is 5.02 Å². The highest BCUT2D eigenvalue weighted by Crippen LogP contribution is 2.38. The molecule has 0 fully saturated rings. The molecule has 0 aliphatic heterocycles. The summed E-state index contributed by atoms with van der Waals surface area (Å²) >= 11 is 6.21. The number of aryl methyl sites for hydroxylation is 1. The summed E-state index contributed by atoms with van der Waals surface area (Å²) in [6.45, 7) is 2.10. The van der Waals surface area contributed by atoms with Crippen LogP contribution in [0.2, 0.25) is 5.02 Å². The summed E-state index contributed by atoms with van der Waals surface area (Å²) < 4.78 is 2.23. The third kappa shape index (κ3) is 3.78. The third-order valence-corrected chi connectivity index (χ3v) is 5.62. The lowest BCUT2D eigenvalue weighted by Gasteiger charge is -2.14. The van der Waals surface area contributed by atoms with E-state index in [-0.39, 0.29) is 0 Å². The fourth-order valence-electron chi connectivity index (χ4n) is 3.82. The molecule has 0 aliphatic rings. The molecular formula is C28H21ClN2. The summed E-state index contributed by atoms with van der Waals surface area (Å²) in [5.41, 5.74) is 7.53. The van der Waals surface area contributed by atoms with Gasteiger partial charge in [0.25, 0.3) is 0 Å². The van der Waals surface area contributed by atoms with Gasteiger partial charge in [0.15, 0.2) is 0 Å². The van der Waals surface area contributed by atoms with Crippen molar-refractivity contribution in [3.05, 3.63) is 120 Å². The van der Waals surface area contributed by atoms with E-state index >= 15 is 0 Å². The maximum atomic E-state index is 6.21. The molecule has 5 rings (SSSR count). The Balaban J connectivity index is 1.87. The molecule has 0 saturated heterocycles. The molecule has 1 aromatic heterocycles. The summed E-state index contributed by atoms with van der Waals surface area (Å²) in [7, 11) is 0. The minimum absolute atomic E-state index is 0.713. The molecule has 31 heavy (non-hydrogen) atoms. The fraction of sp³-hybridized carbons (Fsp3) is 0.0357. The van der Waals surface area contributed by atoms with Gasteiger partial charge in [-0.3, -0.25) is 4.57 Å². The molecule has 2 nitrogen and oxygen atoms in total. The maximum Gasteiger partial charge on any atom is 0.145 e. The lowest BCUT2D eigenvalue weighted by molar-refractivity contribution is 1.07. The third-order valence-electron chi connectivity index (χ3n) is 5.37. The average molecular weight is 421 g/mol. The molecule has 0 atom stereocenters. The molecule has 0 amide bonds. The van der Waals surface area contributed by atoms with Gasteiger partial charge in [0, 0.05) is 27.4 Å². The molecule has 0 saturated carbocycles. The first-order valence-electron chi connectivity index (χ1n) is 10.3. The molecule has 150 valence electrons. The molecule has 3 heteroatoms. The topological polar surface area (TPSA) is 17.8 Å². The number of aromatic nitrogens is 2. The molecule has 0 bridgehead atoms. The molecule has 4 aromatic carbocycles. The summed E-state index contributed by atoms with van der Waals surface area (Å²) in [5, 5.41) is 0.713. The second kappa shape index (κ2) is 8.25. The predicted octanol–water partition coefficient (Wildman–Crippen LogP) is 7.84. The molecule has 0 unspecified atom stereocenters. The number of hydrogen-bond acceptors (Lipinski definition) is 1. The van der Waals surface area contributed by atoms with Gasteiger partial charge in [-0.1, -0.05) is 102 Å². The van der Waals surface area contributed by atoms with Gasteiger partial charge in [-0.25, -0.2) is 4.98 Å². The van der Waals surface area contributed by atoms with Crippen molar-refractivity contribution in [2.75, 3.05) is 0 Å². The van der Waals surface area contributed by atoms with Crippen molar-refractivity contribution >= 4 is 11.6 Å². The Labute approximate surface area is 187 Å². The van der Waals surface area contributed by atoms with Gasteiger partial charge in [-0.15, -0.1) is 0 Å². The Morgan fingerprint density at radius 3 is 1.81 bits per heavy atom. The van der Waals surface area contributed by atoms with E-state index in [1.54, 1.807) is 0 Å². The Morgan fingerprint density at radius 1 is 0.613 bits per heavy atom. The van der Waals surface area contributed by atoms with E-state index in [4.69, 9.17) is 16.6 Å². The van der Waals surface area contributed by atoms with Gasteiger partial charge >= 0.3 is 0 Å². The van der Waals surface area contributed by atoms with Gasteiger partial charge in [-0.2, -0.15) is 0 Å². The number of nitrogens with zero attached hydrogens (tertiary/aromatic N) is 2. The van der Waals surface area contributed by atoms with Gasteiger partial charge in [0.05, 0.1) is 11.4 Å². The van der Waals surface area contributed by atoms with Crippen LogP contribution in [0.5, 0.6) is 0 Å². The Bertz CT molecular complexity index is 1300. The van der Waals surface area contributed by atoms with Crippen LogP contribution in [0.15, 0.2) is 109 Å². The molecule has 0 N–H and O–H groups in total. The zero-order chi connectivity index (χ0) is 21.2. The van der Waals surface area contributed by atoms with Crippen LogP contribution in [-0.2, 0) is 0 Å². The van der Waals surface area contributed by atoms with Crippen molar-refractivity contribution in [2.45, 2.75) is 6.92 Å². The number of imidazole rings is 1. The van der Waals surface area contributed by atoms with Crippen molar-refractivity contribution < 1.29 is 0 Å². The first-order chi connectivity index (χ1) is 15.2. The SMILES string of the molecule is Cc1ccc(-c2nc(-c3ccccc3)c(-c3ccccc3)n2-c2ccc(Cl)cc2)cc1. The Hall–Kier alpha value is -3.62. The lowest BCUT2D eigenvalue weighted by atomic mass is 10.0. The van der Waals surface area contributed by atoms with E-state index in [1.807, 2.05) is 36.4 Å². The minimum Gasteiger partial charge on any atom is -0.292 e. The van der Waals surface area contributed by atoms with Gasteiger partial charge in [-0.05, 0) is 31.2 Å². The van der Waals surface area contributed by atoms with Crippen LogP contribution in [0, 0.1) is 6.92 Å². The second-order valence-electron chi connectivity index (χ2n) is 7.54. The zero-order valence-electron chi connectivity index (χ0n) is 17.2. The number of halogens is 1. The van der Waals surface area contributed by atoms with Gasteiger partial charge in [0.1, 0.15) is 5.82 Å². The van der Waals surface area contributed by atoms with Crippen molar-refractivity contribution in [3.63, 3.8) is 0 Å². The van der Waals surface area contributed by atoms with Crippen LogP contribution >= 0.6 is 11.6 Å². The number of hydrogen-bond donors (Lipinski definition) is 0. The highest BCUT2D eigenvalue weighted by Gasteiger charge is 2.22. The zero-order valence-corrected chi connectivity index (χ0v) is 17.9. The average Bonchev–Trinajstić information content (AvgIpc) is 3.22. The van der Waals surface area contributed by atoms with Crippen molar-refractivity contribution in [1.29, 1.82) is 0 Å². The smallest absolute Gasteiger partial charge is 0.145 e. The number of rotatable bonds is 4. The highest BCUT2D eigenvalue weighted by molar-refractivity contribution is 6.30. The quantitative estimate of drug-likeness (QED) is 0.289. The molecule has 5 aromatic rings. The van der Waals surface area contributed by atoms with E-state index in [1.165, 1.54) is 5.56 Å². The molecular weight excluding hydrogens is 400 g/mol. The summed E-state index contributed by atoms with van der Waals surface area (Å²) in [5.74, 6) is 0.903. The largest absolute Gasteiger partial charge is 0.292 e. The minimum atomic E-state index is 0.713. The van der Waals surface area contributed by atoms with Crippen molar-refractivity contribution in [3.8, 4) is 39.6 Å². The van der Waals surface area contributed by atoms with Crippen LogP contribution < -0.4 is 0 Å². The summed E-state index contributed by atoms with van der Waals surface area (Å²) in [6, 6.07) is 37.2. The normalized spacial score (nSPS) is 10.9. The second-order valence-corrected chi connectivity index (χ2v) is 7.98. The fourth-order valence-corrected chi connectivity index (χ4v) is 3.94. The highest BCUT2D eigenvalue weighted by atomic mass is 35.5. The first-order valence-corrected chi connectivity index (χ1v) is 10.6. The van der Waals surface area contributed by atoms with E-state index in [9.17, 15) is 0 Å². The van der Waals surface area contributed by atoms with Crippen molar-refractivity contribution in [2.24, 2.45) is 0 Å². The van der Waals surface area contributed by atoms with E-state index in [2.05, 4.69) is 84.3 Å². The molecule has 0 spiro atoms. The summed E-state index contributed by atoms with van der Waals surface area (Å²) in [4.78, 5) is 5.19. The maximum absolute atomic E-state index is 6.21.